The zero-order valence-corrected chi connectivity index (χ0v) is 17.3. The smallest absolute Gasteiger partial charge is 0.251 e. The number of H-pyrrole nitrogens is 1. The lowest BCUT2D eigenvalue weighted by molar-refractivity contribution is 0.0950. The van der Waals surface area contributed by atoms with E-state index in [1.165, 1.54) is 0 Å². The Hall–Kier alpha value is -4.20. The highest BCUT2D eigenvalue weighted by Gasteiger charge is 2.22. The monoisotopic (exact) mass is 426 g/mol. The highest BCUT2D eigenvalue weighted by Crippen LogP contribution is 2.39. The zero-order valence-electron chi connectivity index (χ0n) is 17.3. The summed E-state index contributed by atoms with van der Waals surface area (Å²) in [5.41, 5.74) is 5.36. The number of nitrogens with zero attached hydrogens (tertiary/aromatic N) is 3. The third kappa shape index (κ3) is 4.15. The summed E-state index contributed by atoms with van der Waals surface area (Å²) in [4.78, 5) is 21.4. The van der Waals surface area contributed by atoms with Crippen molar-refractivity contribution in [3.05, 3.63) is 89.6 Å². The number of fused-ring (bicyclic) bond motifs is 1. The number of carbonyl (C=O) groups is 1. The largest absolute Gasteiger partial charge is 0.492 e. The molecule has 4 heterocycles. The van der Waals surface area contributed by atoms with E-state index in [-0.39, 0.29) is 5.91 Å². The van der Waals surface area contributed by atoms with Crippen LogP contribution in [0.3, 0.4) is 0 Å². The molecule has 160 valence electrons. The lowest BCUT2D eigenvalue weighted by atomic mass is 10.1. The fourth-order valence-electron chi connectivity index (χ4n) is 3.73. The van der Waals surface area contributed by atoms with E-state index >= 15 is 0 Å². The summed E-state index contributed by atoms with van der Waals surface area (Å²) in [6.07, 6.45) is 7.91. The van der Waals surface area contributed by atoms with Crippen molar-refractivity contribution in [3.63, 3.8) is 0 Å². The number of aromatic nitrogens is 4. The van der Waals surface area contributed by atoms with Crippen LogP contribution >= 0.6 is 0 Å². The predicted octanol–water partition coefficient (Wildman–Crippen LogP) is 3.34. The maximum atomic E-state index is 12.6. The van der Waals surface area contributed by atoms with Crippen molar-refractivity contribution in [1.82, 2.24) is 25.5 Å². The Kier molecular flexibility index (Phi) is 5.48. The van der Waals surface area contributed by atoms with Crippen LogP contribution in [0.25, 0.3) is 11.1 Å². The molecule has 32 heavy (non-hydrogen) atoms. The number of nitrogens with one attached hydrogen (secondary N) is 3. The fourth-order valence-corrected chi connectivity index (χ4v) is 3.73. The maximum absolute atomic E-state index is 12.6. The Labute approximate surface area is 185 Å². The summed E-state index contributed by atoms with van der Waals surface area (Å²) < 4.78 is 5.88. The molecule has 1 aromatic carbocycles. The van der Waals surface area contributed by atoms with E-state index in [4.69, 9.17) is 4.74 Å². The van der Waals surface area contributed by atoms with Crippen molar-refractivity contribution in [2.75, 3.05) is 11.9 Å². The molecule has 5 rings (SSSR count). The molecule has 1 amide bonds. The van der Waals surface area contributed by atoms with Crippen molar-refractivity contribution in [2.45, 2.75) is 19.5 Å². The number of hydrogen-bond acceptors (Lipinski definition) is 6. The first-order chi connectivity index (χ1) is 15.8. The van der Waals surface area contributed by atoms with Gasteiger partial charge in [-0.25, -0.2) is 4.98 Å². The Bertz CT molecular complexity index is 1220. The minimum atomic E-state index is -0.130. The van der Waals surface area contributed by atoms with Crippen molar-refractivity contribution in [2.24, 2.45) is 0 Å². The van der Waals surface area contributed by atoms with Gasteiger partial charge in [0, 0.05) is 53.8 Å². The number of carbonyl (C=O) groups excluding carboxylic acids is 1. The molecule has 0 unspecified atom stereocenters. The normalized spacial score (nSPS) is 12.1. The minimum Gasteiger partial charge on any atom is -0.492 e. The summed E-state index contributed by atoms with van der Waals surface area (Å²) in [5.74, 6) is 1.52. The van der Waals surface area contributed by atoms with Gasteiger partial charge in [-0.2, -0.15) is 5.10 Å². The first-order valence-electron chi connectivity index (χ1n) is 10.4. The number of amides is 1. The van der Waals surface area contributed by atoms with Crippen LogP contribution in [0.4, 0.5) is 5.82 Å². The number of pyridine rings is 2. The molecule has 3 N–H and O–H groups in total. The van der Waals surface area contributed by atoms with E-state index in [1.54, 1.807) is 24.7 Å². The van der Waals surface area contributed by atoms with Crippen LogP contribution in [0, 0.1) is 0 Å². The standard InChI is InChI=1S/C24H22N6O2/c31-24(28-14-19-6-1-2-8-25-19)17-5-3-4-16(10-17)11-26-23-20-7-9-32-22(20)21(15-27-23)18-12-29-30-13-18/h1-6,8,10,12-13,15H,7,9,11,14H2,(H,26,27)(H,28,31)(H,29,30). The molecular weight excluding hydrogens is 404 g/mol. The van der Waals surface area contributed by atoms with Crippen LogP contribution in [0.5, 0.6) is 5.75 Å². The van der Waals surface area contributed by atoms with Crippen LogP contribution in [0.1, 0.15) is 27.2 Å². The number of aromatic amines is 1. The van der Waals surface area contributed by atoms with E-state index in [0.29, 0.717) is 25.3 Å². The van der Waals surface area contributed by atoms with E-state index in [0.717, 1.165) is 45.9 Å². The summed E-state index contributed by atoms with van der Waals surface area (Å²) in [5, 5.41) is 13.2. The minimum absolute atomic E-state index is 0.130. The molecular formula is C24H22N6O2. The second-order valence-corrected chi connectivity index (χ2v) is 7.47. The third-order valence-electron chi connectivity index (χ3n) is 5.34. The molecule has 0 saturated carbocycles. The molecule has 0 saturated heterocycles. The SMILES string of the molecule is O=C(NCc1ccccn1)c1cccc(CNc2ncc(-c3cn[nH]c3)c3c2CCO3)c1. The second-order valence-electron chi connectivity index (χ2n) is 7.47. The molecule has 0 fully saturated rings. The molecule has 1 aliphatic rings. The van der Waals surface area contributed by atoms with Gasteiger partial charge in [0.05, 0.1) is 25.0 Å². The molecule has 0 atom stereocenters. The number of anilines is 1. The lowest BCUT2D eigenvalue weighted by Crippen LogP contribution is -2.23. The summed E-state index contributed by atoms with van der Waals surface area (Å²) in [7, 11) is 0. The number of rotatable bonds is 7. The molecule has 8 heteroatoms. The van der Waals surface area contributed by atoms with Gasteiger partial charge in [0.2, 0.25) is 0 Å². The topological polar surface area (TPSA) is 105 Å². The molecule has 1 aliphatic heterocycles. The van der Waals surface area contributed by atoms with Crippen LogP contribution in [-0.2, 0) is 19.5 Å². The highest BCUT2D eigenvalue weighted by atomic mass is 16.5. The molecule has 3 aromatic heterocycles. The van der Waals surface area contributed by atoms with E-state index in [1.807, 2.05) is 42.6 Å². The average Bonchev–Trinajstić information content (AvgIpc) is 3.55. The Morgan fingerprint density at radius 3 is 2.91 bits per heavy atom. The van der Waals surface area contributed by atoms with Gasteiger partial charge in [0.25, 0.3) is 5.91 Å². The molecule has 0 spiro atoms. The molecule has 8 nitrogen and oxygen atoms in total. The van der Waals surface area contributed by atoms with Gasteiger partial charge in [-0.1, -0.05) is 18.2 Å². The van der Waals surface area contributed by atoms with Crippen LogP contribution < -0.4 is 15.4 Å². The molecule has 0 aliphatic carbocycles. The molecule has 4 aromatic rings. The molecule has 0 bridgehead atoms. The summed E-state index contributed by atoms with van der Waals surface area (Å²) in [6.45, 7) is 1.57. The quantitative estimate of drug-likeness (QED) is 0.419. The van der Waals surface area contributed by atoms with Gasteiger partial charge in [-0.3, -0.25) is 14.9 Å². The summed E-state index contributed by atoms with van der Waals surface area (Å²) in [6, 6.07) is 13.2. The Balaban J connectivity index is 1.27. The van der Waals surface area contributed by atoms with E-state index in [9.17, 15) is 4.79 Å². The van der Waals surface area contributed by atoms with E-state index in [2.05, 4.69) is 30.8 Å². The number of hydrogen-bond donors (Lipinski definition) is 3. The first kappa shape index (κ1) is 19.7. The van der Waals surface area contributed by atoms with Crippen molar-refractivity contribution in [1.29, 1.82) is 0 Å². The fraction of sp³-hybridized carbons (Fsp3) is 0.167. The van der Waals surface area contributed by atoms with Gasteiger partial charge < -0.3 is 15.4 Å². The van der Waals surface area contributed by atoms with E-state index < -0.39 is 0 Å². The highest BCUT2D eigenvalue weighted by molar-refractivity contribution is 5.94. The number of ether oxygens (including phenoxy) is 1. The van der Waals surface area contributed by atoms with Crippen LogP contribution in [0.2, 0.25) is 0 Å². The average molecular weight is 426 g/mol. The van der Waals surface area contributed by atoms with Gasteiger partial charge in [-0.15, -0.1) is 0 Å². The number of benzene rings is 1. The van der Waals surface area contributed by atoms with Crippen LogP contribution in [-0.4, -0.2) is 32.7 Å². The van der Waals surface area contributed by atoms with Crippen molar-refractivity contribution in [3.8, 4) is 16.9 Å². The Morgan fingerprint density at radius 2 is 2.06 bits per heavy atom. The zero-order chi connectivity index (χ0) is 21.8. The van der Waals surface area contributed by atoms with Gasteiger partial charge in [-0.05, 0) is 29.8 Å². The van der Waals surface area contributed by atoms with Gasteiger partial charge in [0.15, 0.2) is 0 Å². The van der Waals surface area contributed by atoms with Gasteiger partial charge in [0.1, 0.15) is 11.6 Å². The third-order valence-corrected chi connectivity index (χ3v) is 5.34. The van der Waals surface area contributed by atoms with Crippen molar-refractivity contribution >= 4 is 11.7 Å². The van der Waals surface area contributed by atoms with Crippen LogP contribution in [0.15, 0.2) is 67.3 Å². The lowest BCUT2D eigenvalue weighted by Gasteiger charge is -2.12. The Morgan fingerprint density at radius 1 is 1.09 bits per heavy atom. The second kappa shape index (κ2) is 8.89. The first-order valence-corrected chi connectivity index (χ1v) is 10.4. The predicted molar refractivity (Wildman–Crippen MR) is 120 cm³/mol. The molecule has 0 radical (unpaired) electrons. The van der Waals surface area contributed by atoms with Gasteiger partial charge >= 0.3 is 0 Å². The maximum Gasteiger partial charge on any atom is 0.251 e. The summed E-state index contributed by atoms with van der Waals surface area (Å²) >= 11 is 0. The van der Waals surface area contributed by atoms with Crippen molar-refractivity contribution < 1.29 is 9.53 Å².